The van der Waals surface area contributed by atoms with Gasteiger partial charge < -0.3 is 4.90 Å². The average Bonchev–Trinajstić information content (AvgIpc) is 2.63. The summed E-state index contributed by atoms with van der Waals surface area (Å²) in [5.74, 6) is -0.0631. The van der Waals surface area contributed by atoms with Crippen molar-refractivity contribution in [3.8, 4) is 0 Å². The van der Waals surface area contributed by atoms with E-state index in [1.54, 1.807) is 12.1 Å². The molecule has 0 spiro atoms. The molecule has 1 heterocycles. The lowest BCUT2D eigenvalue weighted by Gasteiger charge is -2.23. The summed E-state index contributed by atoms with van der Waals surface area (Å²) in [6.07, 6.45) is 1.52. The Bertz CT molecular complexity index is 747. The third kappa shape index (κ3) is 4.21. The summed E-state index contributed by atoms with van der Waals surface area (Å²) < 4.78 is 0. The lowest BCUT2D eigenvalue weighted by Crippen LogP contribution is -2.30. The zero-order valence-corrected chi connectivity index (χ0v) is 13.9. The molecule has 24 heavy (non-hydrogen) atoms. The summed E-state index contributed by atoms with van der Waals surface area (Å²) in [4.78, 5) is 18.7. The number of carbonyl (C=O) groups is 1. The van der Waals surface area contributed by atoms with E-state index in [4.69, 9.17) is 11.6 Å². The molecule has 1 amide bonds. The maximum atomic E-state index is 12.9. The molecule has 3 rings (SSSR count). The highest BCUT2D eigenvalue weighted by atomic mass is 35.5. The van der Waals surface area contributed by atoms with Gasteiger partial charge in [0.05, 0.1) is 5.56 Å². The van der Waals surface area contributed by atoms with Gasteiger partial charge in [0.2, 0.25) is 0 Å². The molecule has 0 aliphatic carbocycles. The van der Waals surface area contributed by atoms with Crippen LogP contribution < -0.4 is 0 Å². The smallest absolute Gasteiger partial charge is 0.256 e. The van der Waals surface area contributed by atoms with Crippen LogP contribution in [-0.2, 0) is 13.1 Å². The molecule has 0 bridgehead atoms. The van der Waals surface area contributed by atoms with Crippen LogP contribution in [0.2, 0.25) is 5.15 Å². The fourth-order valence-corrected chi connectivity index (χ4v) is 2.60. The fourth-order valence-electron chi connectivity index (χ4n) is 2.49. The normalized spacial score (nSPS) is 10.4. The van der Waals surface area contributed by atoms with Crippen LogP contribution in [0.1, 0.15) is 21.5 Å². The summed E-state index contributed by atoms with van der Waals surface area (Å²) >= 11 is 5.82. The zero-order chi connectivity index (χ0) is 16.8. The minimum atomic E-state index is -0.0631. The molecule has 4 heteroatoms. The number of nitrogens with zero attached hydrogens (tertiary/aromatic N) is 2. The van der Waals surface area contributed by atoms with E-state index >= 15 is 0 Å². The maximum Gasteiger partial charge on any atom is 0.256 e. The molecule has 0 aliphatic rings. The molecule has 0 atom stereocenters. The third-order valence-corrected chi connectivity index (χ3v) is 3.92. The summed E-state index contributed by atoms with van der Waals surface area (Å²) in [6, 6.07) is 23.3. The second-order valence-corrected chi connectivity index (χ2v) is 5.89. The predicted octanol–water partition coefficient (Wildman–Crippen LogP) is 4.58. The number of hydrogen-bond acceptors (Lipinski definition) is 2. The van der Waals surface area contributed by atoms with Gasteiger partial charge in [0.1, 0.15) is 5.15 Å². The fraction of sp³-hybridized carbons (Fsp3) is 0.100. The van der Waals surface area contributed by atoms with Crippen molar-refractivity contribution in [2.45, 2.75) is 13.1 Å². The SMILES string of the molecule is O=C(c1ccc(Cl)nc1)N(Cc1ccccc1)Cc1ccccc1. The monoisotopic (exact) mass is 336 g/mol. The topological polar surface area (TPSA) is 33.2 Å². The summed E-state index contributed by atoms with van der Waals surface area (Å²) in [5, 5.41) is 0.379. The molecule has 120 valence electrons. The van der Waals surface area contributed by atoms with Crippen LogP contribution in [0.3, 0.4) is 0 Å². The summed E-state index contributed by atoms with van der Waals surface area (Å²) in [5.41, 5.74) is 2.71. The van der Waals surface area contributed by atoms with E-state index in [1.807, 2.05) is 65.6 Å². The average molecular weight is 337 g/mol. The number of aromatic nitrogens is 1. The Morgan fingerprint density at radius 3 is 1.83 bits per heavy atom. The van der Waals surface area contributed by atoms with E-state index in [9.17, 15) is 4.79 Å². The van der Waals surface area contributed by atoms with Gasteiger partial charge >= 0.3 is 0 Å². The van der Waals surface area contributed by atoms with Gasteiger partial charge in [0.25, 0.3) is 5.91 Å². The number of carbonyl (C=O) groups excluding carboxylic acids is 1. The predicted molar refractivity (Wildman–Crippen MR) is 95.7 cm³/mol. The summed E-state index contributed by atoms with van der Waals surface area (Å²) in [7, 11) is 0. The maximum absolute atomic E-state index is 12.9. The van der Waals surface area contributed by atoms with Crippen LogP contribution in [0.25, 0.3) is 0 Å². The first-order chi connectivity index (χ1) is 11.7. The molecule has 0 fully saturated rings. The summed E-state index contributed by atoms with van der Waals surface area (Å²) in [6.45, 7) is 1.08. The van der Waals surface area contributed by atoms with Crippen LogP contribution in [0, 0.1) is 0 Å². The molecule has 0 unspecified atom stereocenters. The molecule has 3 aromatic rings. The Hall–Kier alpha value is -2.65. The molecule has 0 N–H and O–H groups in total. The molecule has 3 nitrogen and oxygen atoms in total. The van der Waals surface area contributed by atoms with Gasteiger partial charge in [-0.05, 0) is 23.3 Å². The number of hydrogen-bond donors (Lipinski definition) is 0. The second-order valence-electron chi connectivity index (χ2n) is 5.50. The van der Waals surface area contributed by atoms with Gasteiger partial charge in [-0.1, -0.05) is 72.3 Å². The molecular weight excluding hydrogens is 320 g/mol. The van der Waals surface area contributed by atoms with Crippen LogP contribution in [0.4, 0.5) is 0 Å². The Kier molecular flexibility index (Phi) is 5.24. The van der Waals surface area contributed by atoms with E-state index in [0.29, 0.717) is 23.8 Å². The van der Waals surface area contributed by atoms with Gasteiger partial charge in [-0.2, -0.15) is 0 Å². The van der Waals surface area contributed by atoms with Crippen molar-refractivity contribution >= 4 is 17.5 Å². The van der Waals surface area contributed by atoms with Gasteiger partial charge in [0.15, 0.2) is 0 Å². The van der Waals surface area contributed by atoms with Crippen LogP contribution in [-0.4, -0.2) is 15.8 Å². The highest BCUT2D eigenvalue weighted by Crippen LogP contribution is 2.15. The van der Waals surface area contributed by atoms with E-state index in [1.165, 1.54) is 6.20 Å². The highest BCUT2D eigenvalue weighted by Gasteiger charge is 2.17. The van der Waals surface area contributed by atoms with E-state index < -0.39 is 0 Å². The quantitative estimate of drug-likeness (QED) is 0.639. The Labute approximate surface area is 146 Å². The van der Waals surface area contributed by atoms with Gasteiger partial charge in [-0.15, -0.1) is 0 Å². The first-order valence-corrected chi connectivity index (χ1v) is 8.09. The number of pyridine rings is 1. The van der Waals surface area contributed by atoms with E-state index in [-0.39, 0.29) is 5.91 Å². The zero-order valence-electron chi connectivity index (χ0n) is 13.1. The first kappa shape index (κ1) is 16.2. The Balaban J connectivity index is 1.85. The molecule has 1 aromatic heterocycles. The van der Waals surface area contributed by atoms with Crippen LogP contribution >= 0.6 is 11.6 Å². The lowest BCUT2D eigenvalue weighted by atomic mass is 10.1. The van der Waals surface area contributed by atoms with Gasteiger partial charge in [-0.3, -0.25) is 4.79 Å². The minimum absolute atomic E-state index is 0.0631. The third-order valence-electron chi connectivity index (χ3n) is 3.69. The molecule has 2 aromatic carbocycles. The molecule has 0 saturated heterocycles. The standard InChI is InChI=1S/C20H17ClN2O/c21-19-12-11-18(13-22-19)20(24)23(14-16-7-3-1-4-8-16)15-17-9-5-2-6-10-17/h1-13H,14-15H2. The largest absolute Gasteiger partial charge is 0.330 e. The highest BCUT2D eigenvalue weighted by molar-refractivity contribution is 6.29. The van der Waals surface area contributed by atoms with Crippen molar-refractivity contribution in [1.29, 1.82) is 0 Å². The molecule has 0 aliphatic heterocycles. The van der Waals surface area contributed by atoms with Crippen molar-refractivity contribution in [3.63, 3.8) is 0 Å². The van der Waals surface area contributed by atoms with Gasteiger partial charge in [0, 0.05) is 19.3 Å². The van der Waals surface area contributed by atoms with E-state index in [0.717, 1.165) is 11.1 Å². The number of benzene rings is 2. The van der Waals surface area contributed by atoms with Crippen molar-refractivity contribution in [1.82, 2.24) is 9.88 Å². The van der Waals surface area contributed by atoms with Crippen molar-refractivity contribution in [2.75, 3.05) is 0 Å². The van der Waals surface area contributed by atoms with Crippen LogP contribution in [0.15, 0.2) is 79.0 Å². The number of halogens is 1. The van der Waals surface area contributed by atoms with Gasteiger partial charge in [-0.25, -0.2) is 4.98 Å². The van der Waals surface area contributed by atoms with Crippen molar-refractivity contribution in [3.05, 3.63) is 101 Å². The molecule has 0 saturated carbocycles. The van der Waals surface area contributed by atoms with E-state index in [2.05, 4.69) is 4.98 Å². The number of amides is 1. The number of rotatable bonds is 5. The molecular formula is C20H17ClN2O. The van der Waals surface area contributed by atoms with Crippen LogP contribution in [0.5, 0.6) is 0 Å². The Morgan fingerprint density at radius 1 is 0.833 bits per heavy atom. The molecule has 0 radical (unpaired) electrons. The van der Waals surface area contributed by atoms with Crippen molar-refractivity contribution in [2.24, 2.45) is 0 Å². The lowest BCUT2D eigenvalue weighted by molar-refractivity contribution is 0.0729. The second kappa shape index (κ2) is 7.75. The first-order valence-electron chi connectivity index (χ1n) is 7.71. The Morgan fingerprint density at radius 2 is 1.38 bits per heavy atom. The van der Waals surface area contributed by atoms with Crippen molar-refractivity contribution < 1.29 is 4.79 Å². The minimum Gasteiger partial charge on any atom is -0.330 e.